The Bertz CT molecular complexity index is 641. The van der Waals surface area contributed by atoms with Gasteiger partial charge in [0.15, 0.2) is 5.16 Å². The largest absolute Gasteiger partial charge is 0.478 e. The minimum absolute atomic E-state index is 0.143. The number of nitrogens with zero attached hydrogens (tertiary/aromatic N) is 2. The highest BCUT2D eigenvalue weighted by atomic mass is 32.2. The third-order valence-electron chi connectivity index (χ3n) is 2.72. The van der Waals surface area contributed by atoms with Crippen molar-refractivity contribution in [1.29, 1.82) is 0 Å². The van der Waals surface area contributed by atoms with Crippen LogP contribution < -0.4 is 0 Å². The molecule has 4 nitrogen and oxygen atoms in total. The second kappa shape index (κ2) is 5.40. The molecule has 19 heavy (non-hydrogen) atoms. The van der Waals surface area contributed by atoms with E-state index in [1.54, 1.807) is 6.92 Å². The fourth-order valence-electron chi connectivity index (χ4n) is 1.72. The van der Waals surface area contributed by atoms with E-state index < -0.39 is 5.97 Å². The fraction of sp³-hybridized carbons (Fsp3) is 0.214. The van der Waals surface area contributed by atoms with Crippen LogP contribution in [0.2, 0.25) is 0 Å². The molecule has 0 unspecified atom stereocenters. The zero-order chi connectivity index (χ0) is 14.0. The van der Waals surface area contributed by atoms with Gasteiger partial charge in [0.2, 0.25) is 0 Å². The minimum Gasteiger partial charge on any atom is -0.478 e. The lowest BCUT2D eigenvalue weighted by Gasteiger charge is -2.06. The zero-order valence-electron chi connectivity index (χ0n) is 11.0. The monoisotopic (exact) mass is 274 g/mol. The highest BCUT2D eigenvalue weighted by Crippen LogP contribution is 2.28. The first-order chi connectivity index (χ1) is 8.97. The molecule has 0 amide bonds. The molecular formula is C14H14N2O2S. The van der Waals surface area contributed by atoms with Crippen LogP contribution >= 0.6 is 11.8 Å². The molecule has 0 saturated heterocycles. The van der Waals surface area contributed by atoms with Gasteiger partial charge in [-0.3, -0.25) is 0 Å². The standard InChI is InChI=1S/C14H14N2O2S/c1-8-4-5-12(9(2)6-8)19-14-15-7-11(13(17)18)10(3)16-14/h4-7H,1-3H3,(H,17,18). The van der Waals surface area contributed by atoms with Gasteiger partial charge in [-0.1, -0.05) is 17.7 Å². The van der Waals surface area contributed by atoms with Crippen molar-refractivity contribution in [2.24, 2.45) is 0 Å². The highest BCUT2D eigenvalue weighted by molar-refractivity contribution is 7.99. The van der Waals surface area contributed by atoms with Gasteiger partial charge in [-0.25, -0.2) is 14.8 Å². The molecule has 1 heterocycles. The summed E-state index contributed by atoms with van der Waals surface area (Å²) in [5, 5.41) is 9.50. The maximum absolute atomic E-state index is 10.9. The van der Waals surface area contributed by atoms with Crippen LogP contribution in [0.4, 0.5) is 0 Å². The van der Waals surface area contributed by atoms with Gasteiger partial charge in [-0.05, 0) is 44.2 Å². The molecule has 98 valence electrons. The number of carboxylic acids is 1. The SMILES string of the molecule is Cc1ccc(Sc2ncc(C(=O)O)c(C)n2)c(C)c1. The summed E-state index contributed by atoms with van der Waals surface area (Å²) in [5.74, 6) is -0.999. The summed E-state index contributed by atoms with van der Waals surface area (Å²) in [6, 6.07) is 6.16. The molecule has 1 aromatic carbocycles. The Labute approximate surface area is 115 Å². The third-order valence-corrected chi connectivity index (χ3v) is 3.78. The molecule has 0 atom stereocenters. The van der Waals surface area contributed by atoms with Crippen molar-refractivity contribution in [1.82, 2.24) is 9.97 Å². The number of rotatable bonds is 3. The number of aromatic carboxylic acids is 1. The highest BCUT2D eigenvalue weighted by Gasteiger charge is 2.11. The Morgan fingerprint density at radius 3 is 2.58 bits per heavy atom. The van der Waals surface area contributed by atoms with Crippen LogP contribution in [0, 0.1) is 20.8 Å². The van der Waals surface area contributed by atoms with E-state index in [-0.39, 0.29) is 5.56 Å². The first-order valence-corrected chi connectivity index (χ1v) is 6.61. The predicted octanol–water partition coefficient (Wildman–Crippen LogP) is 3.25. The van der Waals surface area contributed by atoms with Crippen LogP contribution in [0.15, 0.2) is 34.4 Å². The van der Waals surface area contributed by atoms with Crippen molar-refractivity contribution in [2.45, 2.75) is 30.8 Å². The van der Waals surface area contributed by atoms with E-state index >= 15 is 0 Å². The lowest BCUT2D eigenvalue weighted by molar-refractivity contribution is 0.0695. The van der Waals surface area contributed by atoms with E-state index in [1.807, 2.05) is 26.0 Å². The Morgan fingerprint density at radius 1 is 1.26 bits per heavy atom. The first kappa shape index (κ1) is 13.5. The maximum Gasteiger partial charge on any atom is 0.339 e. The Hall–Kier alpha value is -1.88. The van der Waals surface area contributed by atoms with Gasteiger partial charge in [-0.2, -0.15) is 0 Å². The van der Waals surface area contributed by atoms with Crippen molar-refractivity contribution in [2.75, 3.05) is 0 Å². The van der Waals surface area contributed by atoms with E-state index in [1.165, 1.54) is 23.5 Å². The summed E-state index contributed by atoms with van der Waals surface area (Å²) in [6.07, 6.45) is 1.36. The van der Waals surface area contributed by atoms with Gasteiger partial charge in [-0.15, -0.1) is 0 Å². The van der Waals surface area contributed by atoms with Crippen LogP contribution in [0.25, 0.3) is 0 Å². The fourth-order valence-corrected chi connectivity index (χ4v) is 2.56. The molecule has 1 aromatic heterocycles. The summed E-state index contributed by atoms with van der Waals surface area (Å²) in [5.41, 5.74) is 2.99. The average Bonchev–Trinajstić information content (AvgIpc) is 2.32. The molecule has 0 spiro atoms. The molecule has 0 aliphatic carbocycles. The normalized spacial score (nSPS) is 10.5. The van der Waals surface area contributed by atoms with Gasteiger partial charge in [0.05, 0.1) is 11.3 Å². The lowest BCUT2D eigenvalue weighted by atomic mass is 10.2. The van der Waals surface area contributed by atoms with E-state index in [9.17, 15) is 4.79 Å². The van der Waals surface area contributed by atoms with Gasteiger partial charge in [0, 0.05) is 11.1 Å². The summed E-state index contributed by atoms with van der Waals surface area (Å²) < 4.78 is 0. The van der Waals surface area contributed by atoms with Gasteiger partial charge < -0.3 is 5.11 Å². The molecule has 0 bridgehead atoms. The summed E-state index contributed by atoms with van der Waals surface area (Å²) >= 11 is 1.44. The van der Waals surface area contributed by atoms with Crippen molar-refractivity contribution >= 4 is 17.7 Å². The van der Waals surface area contributed by atoms with Crippen LogP contribution in [-0.4, -0.2) is 21.0 Å². The van der Waals surface area contributed by atoms with Crippen LogP contribution in [0.5, 0.6) is 0 Å². The van der Waals surface area contributed by atoms with E-state index in [4.69, 9.17) is 5.11 Å². The number of hydrogen-bond acceptors (Lipinski definition) is 4. The molecular weight excluding hydrogens is 260 g/mol. The molecule has 0 aliphatic rings. The Morgan fingerprint density at radius 2 is 2.00 bits per heavy atom. The van der Waals surface area contributed by atoms with Crippen molar-refractivity contribution < 1.29 is 9.90 Å². The second-order valence-corrected chi connectivity index (χ2v) is 5.34. The number of aryl methyl sites for hydroxylation is 3. The van der Waals surface area contributed by atoms with Gasteiger partial charge in [0.1, 0.15) is 0 Å². The second-order valence-electron chi connectivity index (χ2n) is 4.33. The number of hydrogen-bond donors (Lipinski definition) is 1. The predicted molar refractivity (Wildman–Crippen MR) is 73.8 cm³/mol. The molecule has 5 heteroatoms. The maximum atomic E-state index is 10.9. The summed E-state index contributed by atoms with van der Waals surface area (Å²) in [4.78, 5) is 20.3. The van der Waals surface area contributed by atoms with Gasteiger partial charge in [0.25, 0.3) is 0 Å². The zero-order valence-corrected chi connectivity index (χ0v) is 11.8. The van der Waals surface area contributed by atoms with E-state index in [0.717, 1.165) is 10.5 Å². The average molecular weight is 274 g/mol. The number of benzene rings is 1. The number of carboxylic acid groups (broad SMARTS) is 1. The lowest BCUT2D eigenvalue weighted by Crippen LogP contribution is -2.03. The Balaban J connectivity index is 2.29. The smallest absolute Gasteiger partial charge is 0.339 e. The Kier molecular flexibility index (Phi) is 3.85. The molecule has 0 radical (unpaired) electrons. The summed E-state index contributed by atoms with van der Waals surface area (Å²) in [6.45, 7) is 5.76. The van der Waals surface area contributed by atoms with Crippen molar-refractivity contribution in [3.8, 4) is 0 Å². The van der Waals surface area contributed by atoms with Crippen molar-refractivity contribution in [3.63, 3.8) is 0 Å². The van der Waals surface area contributed by atoms with Crippen LogP contribution in [0.1, 0.15) is 27.2 Å². The topological polar surface area (TPSA) is 63.1 Å². The minimum atomic E-state index is -0.999. The van der Waals surface area contributed by atoms with Crippen LogP contribution in [-0.2, 0) is 0 Å². The van der Waals surface area contributed by atoms with E-state index in [2.05, 4.69) is 16.0 Å². The number of aromatic nitrogens is 2. The summed E-state index contributed by atoms with van der Waals surface area (Å²) in [7, 11) is 0. The number of carbonyl (C=O) groups is 1. The molecule has 0 aliphatic heterocycles. The molecule has 1 N–H and O–H groups in total. The third kappa shape index (κ3) is 3.12. The molecule has 2 rings (SSSR count). The van der Waals surface area contributed by atoms with Crippen LogP contribution in [0.3, 0.4) is 0 Å². The van der Waals surface area contributed by atoms with E-state index in [0.29, 0.717) is 10.9 Å². The quantitative estimate of drug-likeness (QED) is 0.870. The van der Waals surface area contributed by atoms with Crippen molar-refractivity contribution in [3.05, 3.63) is 46.8 Å². The molecule has 0 saturated carbocycles. The molecule has 0 fully saturated rings. The van der Waals surface area contributed by atoms with Gasteiger partial charge >= 0.3 is 5.97 Å². The molecule has 2 aromatic rings. The first-order valence-electron chi connectivity index (χ1n) is 5.79.